The van der Waals surface area contributed by atoms with Gasteiger partial charge >= 0.3 is 23.9 Å². The third-order valence-electron chi connectivity index (χ3n) is 2.52. The molecule has 4 nitrogen and oxygen atoms in total. The number of para-hydroxylation sites is 1. The molecular weight excluding hydrogens is 392 g/mol. The molecule has 146 valence electrons. The van der Waals surface area contributed by atoms with Crippen LogP contribution in [0.15, 0.2) is 24.3 Å². The van der Waals surface area contributed by atoms with Gasteiger partial charge in [-0.1, -0.05) is 44.5 Å². The Morgan fingerprint density at radius 3 is 1.54 bits per heavy atom. The summed E-state index contributed by atoms with van der Waals surface area (Å²) in [4.78, 5) is 30.8. The van der Waals surface area contributed by atoms with Crippen LogP contribution in [0.2, 0.25) is 5.02 Å². The molecule has 0 aliphatic carbocycles. The van der Waals surface area contributed by atoms with E-state index in [1.54, 1.807) is 12.1 Å². The van der Waals surface area contributed by atoms with Gasteiger partial charge in [0, 0.05) is 5.41 Å². The van der Waals surface area contributed by atoms with Crippen molar-refractivity contribution in [2.75, 3.05) is 5.32 Å². The number of rotatable bonds is 2. The predicted octanol–water partition coefficient (Wildman–Crippen LogP) is 4.57. The minimum atomic E-state index is -5.77. The van der Waals surface area contributed by atoms with Gasteiger partial charge in [-0.3, -0.25) is 14.4 Å². The average Bonchev–Trinajstić information content (AvgIpc) is 2.45. The summed E-state index contributed by atoms with van der Waals surface area (Å²) in [6.07, 6.45) is -11.5. The van der Waals surface area contributed by atoms with Gasteiger partial charge < -0.3 is 5.32 Å². The van der Waals surface area contributed by atoms with Crippen molar-refractivity contribution in [1.82, 2.24) is 0 Å². The minimum absolute atomic E-state index is 0.0365. The smallest absolute Gasteiger partial charge is 0.324 e. The lowest BCUT2D eigenvalue weighted by Gasteiger charge is -2.18. The number of alkyl halides is 6. The van der Waals surface area contributed by atoms with E-state index in [2.05, 4.69) is 5.32 Å². The number of hydrogen-bond donors (Lipinski definition) is 1. The SMILES string of the molecule is CC(C)(C)C(=O)Nc1ccccc1Cl.O=C(C(=O)C(F)(F)F)C(F)(F)F. The summed E-state index contributed by atoms with van der Waals surface area (Å²) in [5.74, 6) is -6.85. The first kappa shape index (κ1) is 23.9. The molecule has 0 aliphatic rings. The van der Waals surface area contributed by atoms with Crippen LogP contribution < -0.4 is 5.32 Å². The maximum Gasteiger partial charge on any atom is 0.458 e. The van der Waals surface area contributed by atoms with Gasteiger partial charge in [0.05, 0.1) is 10.7 Å². The number of benzene rings is 1. The van der Waals surface area contributed by atoms with Crippen LogP contribution in [0.1, 0.15) is 20.8 Å². The molecule has 1 N–H and O–H groups in total. The van der Waals surface area contributed by atoms with E-state index in [1.165, 1.54) is 0 Å². The third-order valence-corrected chi connectivity index (χ3v) is 2.85. The van der Waals surface area contributed by atoms with Gasteiger partial charge in [0.25, 0.3) is 0 Å². The summed E-state index contributed by atoms with van der Waals surface area (Å²) >= 11 is 5.90. The van der Waals surface area contributed by atoms with E-state index in [4.69, 9.17) is 11.6 Å². The first-order valence-electron chi connectivity index (χ1n) is 6.76. The first-order chi connectivity index (χ1) is 11.5. The monoisotopic (exact) mass is 405 g/mol. The highest BCUT2D eigenvalue weighted by Crippen LogP contribution is 2.24. The van der Waals surface area contributed by atoms with Crippen molar-refractivity contribution in [2.45, 2.75) is 33.1 Å². The normalized spacial score (nSPS) is 11.9. The zero-order chi connectivity index (χ0) is 20.9. The maximum atomic E-state index is 11.6. The molecule has 0 aromatic heterocycles. The predicted molar refractivity (Wildman–Crippen MR) is 81.7 cm³/mol. The Morgan fingerprint density at radius 1 is 0.846 bits per heavy atom. The van der Waals surface area contributed by atoms with E-state index >= 15 is 0 Å². The van der Waals surface area contributed by atoms with Crippen LogP contribution in [0, 0.1) is 5.41 Å². The number of anilines is 1. The second kappa shape index (κ2) is 8.52. The van der Waals surface area contributed by atoms with Crippen LogP contribution in [0.3, 0.4) is 0 Å². The van der Waals surface area contributed by atoms with Crippen LogP contribution in [0.5, 0.6) is 0 Å². The second-order valence-corrected chi connectivity index (χ2v) is 6.24. The van der Waals surface area contributed by atoms with E-state index in [0.29, 0.717) is 10.7 Å². The molecule has 0 spiro atoms. The number of nitrogens with one attached hydrogen (secondary N) is 1. The summed E-state index contributed by atoms with van der Waals surface area (Å²) in [7, 11) is 0. The molecule has 0 saturated heterocycles. The Hall–Kier alpha value is -2.10. The zero-order valence-electron chi connectivity index (χ0n) is 13.7. The van der Waals surface area contributed by atoms with Gasteiger partial charge in [0.2, 0.25) is 5.91 Å². The number of amides is 1. The Bertz CT molecular complexity index is 653. The molecule has 0 fully saturated rings. The average molecular weight is 406 g/mol. The lowest BCUT2D eigenvalue weighted by atomic mass is 9.95. The number of hydrogen-bond acceptors (Lipinski definition) is 3. The Balaban J connectivity index is 0.000000488. The largest absolute Gasteiger partial charge is 0.458 e. The van der Waals surface area contributed by atoms with Crippen molar-refractivity contribution in [3.8, 4) is 0 Å². The summed E-state index contributed by atoms with van der Waals surface area (Å²) < 4.78 is 67.0. The van der Waals surface area contributed by atoms with Crippen molar-refractivity contribution < 1.29 is 40.7 Å². The number of halogens is 7. The summed E-state index contributed by atoms with van der Waals surface area (Å²) in [5.41, 5.74) is 0.258. The Labute approximate surface area is 149 Å². The Morgan fingerprint density at radius 2 is 1.23 bits per heavy atom. The zero-order valence-corrected chi connectivity index (χ0v) is 14.4. The van der Waals surface area contributed by atoms with Crippen LogP contribution in [0.25, 0.3) is 0 Å². The first-order valence-corrected chi connectivity index (χ1v) is 7.14. The van der Waals surface area contributed by atoms with Gasteiger partial charge in [0.15, 0.2) is 0 Å². The lowest BCUT2D eigenvalue weighted by Crippen LogP contribution is -2.39. The van der Waals surface area contributed by atoms with E-state index < -0.39 is 29.3 Å². The number of ketones is 2. The molecule has 1 aromatic carbocycles. The molecule has 0 bridgehead atoms. The van der Waals surface area contributed by atoms with Gasteiger partial charge in [-0.25, -0.2) is 0 Å². The molecule has 0 radical (unpaired) electrons. The molecule has 0 saturated carbocycles. The summed E-state index contributed by atoms with van der Waals surface area (Å²) in [6, 6.07) is 7.20. The molecule has 0 unspecified atom stereocenters. The molecule has 0 aliphatic heterocycles. The highest BCUT2D eigenvalue weighted by atomic mass is 35.5. The Kier molecular flexibility index (Phi) is 7.83. The highest BCUT2D eigenvalue weighted by molar-refractivity contribution is 6.41. The molecular formula is C15H14ClF6NO3. The van der Waals surface area contributed by atoms with Crippen molar-refractivity contribution in [3.63, 3.8) is 0 Å². The topological polar surface area (TPSA) is 63.2 Å². The summed E-state index contributed by atoms with van der Waals surface area (Å²) in [5, 5.41) is 3.34. The highest BCUT2D eigenvalue weighted by Gasteiger charge is 2.54. The van der Waals surface area contributed by atoms with Gasteiger partial charge in [-0.2, -0.15) is 26.3 Å². The maximum absolute atomic E-state index is 11.6. The van der Waals surface area contributed by atoms with Gasteiger partial charge in [-0.15, -0.1) is 0 Å². The van der Waals surface area contributed by atoms with Crippen LogP contribution in [-0.4, -0.2) is 29.8 Å². The van der Waals surface area contributed by atoms with Crippen molar-refractivity contribution in [3.05, 3.63) is 29.3 Å². The standard InChI is InChI=1S/C11H14ClNO.C4F6O2/c1-11(2,3)10(14)13-9-7-5-4-6-8(9)12;5-3(6,7)1(11)2(12)4(8,9)10/h4-7H,1-3H3,(H,13,14);. The number of carbonyl (C=O) groups excluding carboxylic acids is 3. The van der Waals surface area contributed by atoms with E-state index in [0.717, 1.165) is 0 Å². The van der Waals surface area contributed by atoms with Crippen LogP contribution in [-0.2, 0) is 14.4 Å². The van der Waals surface area contributed by atoms with Gasteiger partial charge in [0.1, 0.15) is 0 Å². The number of Topliss-reactive ketones (excluding diaryl/α,β-unsaturated/α-hetero) is 2. The van der Waals surface area contributed by atoms with Gasteiger partial charge in [-0.05, 0) is 12.1 Å². The molecule has 0 atom stereocenters. The minimum Gasteiger partial charge on any atom is -0.324 e. The van der Waals surface area contributed by atoms with Crippen LogP contribution in [0.4, 0.5) is 32.0 Å². The van der Waals surface area contributed by atoms with Crippen molar-refractivity contribution in [2.24, 2.45) is 5.41 Å². The van der Waals surface area contributed by atoms with E-state index in [-0.39, 0.29) is 5.91 Å². The quantitative estimate of drug-likeness (QED) is 0.579. The second-order valence-electron chi connectivity index (χ2n) is 5.84. The summed E-state index contributed by atoms with van der Waals surface area (Å²) in [6.45, 7) is 5.58. The van der Waals surface area contributed by atoms with Crippen LogP contribution >= 0.6 is 11.6 Å². The van der Waals surface area contributed by atoms with Crippen molar-refractivity contribution in [1.29, 1.82) is 0 Å². The fourth-order valence-corrected chi connectivity index (χ4v) is 1.31. The van der Waals surface area contributed by atoms with E-state index in [9.17, 15) is 40.7 Å². The molecule has 11 heteroatoms. The molecule has 1 rings (SSSR count). The fraction of sp³-hybridized carbons (Fsp3) is 0.400. The fourth-order valence-electron chi connectivity index (χ4n) is 1.13. The molecule has 1 amide bonds. The molecule has 1 aromatic rings. The molecule has 0 heterocycles. The number of carbonyl (C=O) groups is 3. The van der Waals surface area contributed by atoms with Crippen molar-refractivity contribution >= 4 is 34.8 Å². The molecule has 26 heavy (non-hydrogen) atoms. The third kappa shape index (κ3) is 7.85. The lowest BCUT2D eigenvalue weighted by molar-refractivity contribution is -0.193. The van der Waals surface area contributed by atoms with E-state index in [1.807, 2.05) is 32.9 Å².